The number of rotatable bonds is 10. The standard InChI is InChI=1S/C15H27N3O3/c1-4-18(11-5-9-16)15(21)17-10-8-13(12(2)3)6-7-14(19)20/h12-13H,4-8,10-11H2,1-3H3,(H,17,21)(H,19,20). The normalized spacial score (nSPS) is 11.8. The Balaban J connectivity index is 4.14. The first-order chi connectivity index (χ1) is 9.92. The number of hydrogen-bond acceptors (Lipinski definition) is 3. The van der Waals surface area contributed by atoms with Crippen LogP contribution in [0.4, 0.5) is 4.79 Å². The van der Waals surface area contributed by atoms with Crippen molar-refractivity contribution in [3.05, 3.63) is 0 Å². The molecule has 0 aromatic carbocycles. The zero-order chi connectivity index (χ0) is 16.3. The monoisotopic (exact) mass is 297 g/mol. The van der Waals surface area contributed by atoms with E-state index < -0.39 is 5.97 Å². The number of urea groups is 1. The molecule has 0 aromatic heterocycles. The quantitative estimate of drug-likeness (QED) is 0.647. The molecule has 1 unspecified atom stereocenters. The Morgan fingerprint density at radius 2 is 2.00 bits per heavy atom. The van der Waals surface area contributed by atoms with Crippen molar-refractivity contribution in [3.63, 3.8) is 0 Å². The molecule has 6 nitrogen and oxygen atoms in total. The Kier molecular flexibility index (Phi) is 10.0. The molecule has 0 fully saturated rings. The van der Waals surface area contributed by atoms with Crippen molar-refractivity contribution in [2.24, 2.45) is 11.8 Å². The molecule has 2 amide bonds. The van der Waals surface area contributed by atoms with Gasteiger partial charge in [0.1, 0.15) is 0 Å². The fraction of sp³-hybridized carbons (Fsp3) is 0.800. The lowest BCUT2D eigenvalue weighted by molar-refractivity contribution is -0.137. The van der Waals surface area contributed by atoms with Gasteiger partial charge in [0.15, 0.2) is 0 Å². The number of aliphatic carboxylic acids is 1. The molecule has 0 aliphatic rings. The number of carbonyl (C=O) groups is 2. The van der Waals surface area contributed by atoms with Gasteiger partial charge in [0.25, 0.3) is 0 Å². The van der Waals surface area contributed by atoms with E-state index in [0.29, 0.717) is 38.4 Å². The van der Waals surface area contributed by atoms with Crippen LogP contribution in [-0.2, 0) is 4.79 Å². The Bertz CT molecular complexity index is 364. The molecule has 0 radical (unpaired) electrons. The number of nitrogens with one attached hydrogen (secondary N) is 1. The predicted molar refractivity (Wildman–Crippen MR) is 80.7 cm³/mol. The first kappa shape index (κ1) is 19.2. The van der Waals surface area contributed by atoms with Crippen molar-refractivity contribution in [1.29, 1.82) is 5.26 Å². The minimum atomic E-state index is -0.779. The molecule has 0 bridgehead atoms. The van der Waals surface area contributed by atoms with Crippen molar-refractivity contribution in [3.8, 4) is 6.07 Å². The first-order valence-corrected chi connectivity index (χ1v) is 7.53. The van der Waals surface area contributed by atoms with Crippen LogP contribution in [0.15, 0.2) is 0 Å². The molecule has 1 atom stereocenters. The third-order valence-corrected chi connectivity index (χ3v) is 3.63. The highest BCUT2D eigenvalue weighted by Gasteiger charge is 2.16. The van der Waals surface area contributed by atoms with Crippen molar-refractivity contribution in [1.82, 2.24) is 10.2 Å². The Morgan fingerprint density at radius 1 is 1.33 bits per heavy atom. The Morgan fingerprint density at radius 3 is 2.48 bits per heavy atom. The molecule has 0 heterocycles. The van der Waals surface area contributed by atoms with Crippen molar-refractivity contribution in [2.45, 2.75) is 46.5 Å². The Hall–Kier alpha value is -1.77. The molecular formula is C15H27N3O3. The van der Waals surface area contributed by atoms with Crippen molar-refractivity contribution in [2.75, 3.05) is 19.6 Å². The number of amides is 2. The van der Waals surface area contributed by atoms with Gasteiger partial charge in [-0.3, -0.25) is 4.79 Å². The van der Waals surface area contributed by atoms with Crippen LogP contribution in [0.2, 0.25) is 0 Å². The topological polar surface area (TPSA) is 93.4 Å². The summed E-state index contributed by atoms with van der Waals surface area (Å²) < 4.78 is 0. The maximum absolute atomic E-state index is 11.9. The van der Waals surface area contributed by atoms with E-state index in [4.69, 9.17) is 10.4 Å². The summed E-state index contributed by atoms with van der Waals surface area (Å²) in [6.07, 6.45) is 1.90. The summed E-state index contributed by atoms with van der Waals surface area (Å²) in [5, 5.41) is 20.1. The van der Waals surface area contributed by atoms with Crippen LogP contribution in [0.5, 0.6) is 0 Å². The maximum atomic E-state index is 11.9. The van der Waals surface area contributed by atoms with Crippen LogP contribution in [0, 0.1) is 23.2 Å². The molecule has 0 aliphatic carbocycles. The van der Waals surface area contributed by atoms with Crippen molar-refractivity contribution >= 4 is 12.0 Å². The number of hydrogen-bond donors (Lipinski definition) is 2. The summed E-state index contributed by atoms with van der Waals surface area (Å²) in [6.45, 7) is 7.55. The smallest absolute Gasteiger partial charge is 0.317 e. The highest BCUT2D eigenvalue weighted by Crippen LogP contribution is 2.20. The van der Waals surface area contributed by atoms with Gasteiger partial charge in [-0.25, -0.2) is 4.79 Å². The van der Waals surface area contributed by atoms with Gasteiger partial charge in [0, 0.05) is 26.1 Å². The van der Waals surface area contributed by atoms with Gasteiger partial charge >= 0.3 is 12.0 Å². The fourth-order valence-corrected chi connectivity index (χ4v) is 2.18. The lowest BCUT2D eigenvalue weighted by atomic mass is 9.88. The second kappa shape index (κ2) is 11.0. The van der Waals surface area contributed by atoms with Crippen LogP contribution in [0.3, 0.4) is 0 Å². The third kappa shape index (κ3) is 8.90. The van der Waals surface area contributed by atoms with Gasteiger partial charge in [-0.15, -0.1) is 0 Å². The molecule has 120 valence electrons. The summed E-state index contributed by atoms with van der Waals surface area (Å²) in [5.74, 6) is -0.101. The summed E-state index contributed by atoms with van der Waals surface area (Å²) in [6, 6.07) is 1.87. The lowest BCUT2D eigenvalue weighted by Crippen LogP contribution is -2.41. The third-order valence-electron chi connectivity index (χ3n) is 3.63. The van der Waals surface area contributed by atoms with Crippen LogP contribution >= 0.6 is 0 Å². The number of carboxylic acid groups (broad SMARTS) is 1. The molecule has 2 N–H and O–H groups in total. The molecule has 6 heteroatoms. The lowest BCUT2D eigenvalue weighted by Gasteiger charge is -2.23. The largest absolute Gasteiger partial charge is 0.481 e. The molecule has 0 spiro atoms. The van der Waals surface area contributed by atoms with Gasteiger partial charge in [0.05, 0.1) is 12.5 Å². The zero-order valence-corrected chi connectivity index (χ0v) is 13.3. The zero-order valence-electron chi connectivity index (χ0n) is 13.3. The average molecular weight is 297 g/mol. The van der Waals surface area contributed by atoms with Gasteiger partial charge in [0.2, 0.25) is 0 Å². The van der Waals surface area contributed by atoms with E-state index in [1.807, 2.05) is 13.0 Å². The maximum Gasteiger partial charge on any atom is 0.317 e. The number of carboxylic acids is 1. The minimum absolute atomic E-state index is 0.159. The van der Waals surface area contributed by atoms with Crippen LogP contribution in [-0.4, -0.2) is 41.6 Å². The van der Waals surface area contributed by atoms with E-state index in [9.17, 15) is 9.59 Å². The fourth-order valence-electron chi connectivity index (χ4n) is 2.18. The highest BCUT2D eigenvalue weighted by molar-refractivity contribution is 5.74. The Labute approximate surface area is 127 Å². The first-order valence-electron chi connectivity index (χ1n) is 7.53. The van der Waals surface area contributed by atoms with E-state index >= 15 is 0 Å². The second-order valence-corrected chi connectivity index (χ2v) is 5.44. The van der Waals surface area contributed by atoms with Gasteiger partial charge in [-0.2, -0.15) is 5.26 Å². The van der Waals surface area contributed by atoms with E-state index in [-0.39, 0.29) is 18.4 Å². The van der Waals surface area contributed by atoms with Crippen LogP contribution < -0.4 is 5.32 Å². The number of nitriles is 1. The summed E-state index contributed by atoms with van der Waals surface area (Å²) in [5.41, 5.74) is 0. The second-order valence-electron chi connectivity index (χ2n) is 5.44. The van der Waals surface area contributed by atoms with Gasteiger partial charge in [-0.1, -0.05) is 13.8 Å². The molecule has 0 aliphatic heterocycles. The highest BCUT2D eigenvalue weighted by atomic mass is 16.4. The SMILES string of the molecule is CCN(CCC#N)C(=O)NCCC(CCC(=O)O)C(C)C. The summed E-state index contributed by atoms with van der Waals surface area (Å²) in [7, 11) is 0. The summed E-state index contributed by atoms with van der Waals surface area (Å²) >= 11 is 0. The molecule has 0 saturated heterocycles. The van der Waals surface area contributed by atoms with Crippen LogP contribution in [0.25, 0.3) is 0 Å². The van der Waals surface area contributed by atoms with Crippen molar-refractivity contribution < 1.29 is 14.7 Å². The van der Waals surface area contributed by atoms with Crippen LogP contribution in [0.1, 0.15) is 46.5 Å². The number of nitrogens with zero attached hydrogens (tertiary/aromatic N) is 2. The number of carbonyl (C=O) groups excluding carboxylic acids is 1. The molecular weight excluding hydrogens is 270 g/mol. The van der Waals surface area contributed by atoms with Gasteiger partial charge in [-0.05, 0) is 31.6 Å². The molecule has 21 heavy (non-hydrogen) atoms. The van der Waals surface area contributed by atoms with E-state index in [2.05, 4.69) is 19.2 Å². The van der Waals surface area contributed by atoms with E-state index in [0.717, 1.165) is 6.42 Å². The summed E-state index contributed by atoms with van der Waals surface area (Å²) in [4.78, 5) is 24.1. The average Bonchev–Trinajstić information content (AvgIpc) is 2.42. The predicted octanol–water partition coefficient (Wildman–Crippen LogP) is 2.46. The molecule has 0 saturated carbocycles. The molecule has 0 rings (SSSR count). The van der Waals surface area contributed by atoms with Gasteiger partial charge < -0.3 is 15.3 Å². The minimum Gasteiger partial charge on any atom is -0.481 e. The molecule has 0 aromatic rings. The van der Waals surface area contributed by atoms with E-state index in [1.165, 1.54) is 0 Å². The van der Waals surface area contributed by atoms with E-state index in [1.54, 1.807) is 4.90 Å².